The molecule has 0 saturated carbocycles. The van der Waals surface area contributed by atoms with Crippen molar-refractivity contribution < 1.29 is 32.8 Å². The predicted molar refractivity (Wildman–Crippen MR) is 219 cm³/mol. The monoisotopic (exact) mass is 750 g/mol. The van der Waals surface area contributed by atoms with Gasteiger partial charge in [0.25, 0.3) is 0 Å². The minimum atomic E-state index is -4.29. The van der Waals surface area contributed by atoms with Gasteiger partial charge in [0, 0.05) is 19.6 Å². The van der Waals surface area contributed by atoms with Crippen molar-refractivity contribution in [3.05, 3.63) is 72.9 Å². The largest absolute Gasteiger partial charge is 0.472 e. The van der Waals surface area contributed by atoms with Crippen LogP contribution in [0.3, 0.4) is 0 Å². The number of ether oxygens (including phenoxy) is 2. The van der Waals surface area contributed by atoms with Crippen LogP contribution in [0.15, 0.2) is 72.9 Å². The third kappa shape index (κ3) is 39.2. The lowest BCUT2D eigenvalue weighted by molar-refractivity contribution is -0.154. The number of hydrogen-bond acceptors (Lipinski definition) is 7. The highest BCUT2D eigenvalue weighted by Crippen LogP contribution is 2.43. The summed E-state index contributed by atoms with van der Waals surface area (Å²) in [5.41, 5.74) is 5.36. The molecule has 0 amide bonds. The summed E-state index contributed by atoms with van der Waals surface area (Å²) in [4.78, 5) is 22.4. The van der Waals surface area contributed by atoms with E-state index in [1.54, 1.807) is 0 Å². The van der Waals surface area contributed by atoms with Gasteiger partial charge >= 0.3 is 13.8 Å². The molecular formula is C43H76NO7P. The third-order valence-corrected chi connectivity index (χ3v) is 9.09. The standard InChI is InChI=1S/C43H76NO7P/c1-3-5-7-9-11-13-15-17-18-19-20-21-22-23-25-27-29-31-33-35-38-48-40-42(41-50-52(46,47)49-39-37-44)51-43(45)36-34-32-30-28-26-24-16-14-12-10-8-6-4-2/h6,8,11-14,17-18,20-21,24,26,42H,3-5,7,9-10,15-16,19,22-23,25,27-41,44H2,1-2H3,(H,46,47)/b8-6-,13-11-,14-12-,18-17-,21-20-,26-24-. The van der Waals surface area contributed by atoms with Gasteiger partial charge in [-0.05, 0) is 83.5 Å². The fourth-order valence-corrected chi connectivity index (χ4v) is 5.90. The zero-order valence-electron chi connectivity index (χ0n) is 33.0. The predicted octanol–water partition coefficient (Wildman–Crippen LogP) is 12.0. The maximum atomic E-state index is 12.5. The summed E-state index contributed by atoms with van der Waals surface area (Å²) < 4.78 is 33.3. The molecule has 0 aromatic heterocycles. The summed E-state index contributed by atoms with van der Waals surface area (Å²) in [6, 6.07) is 0. The SMILES string of the molecule is CC/C=C\C/C=C\C/C=C\CCCCCC(=O)OC(COCCCCCCCCC/C=C\C/C=C\C/C=C\CCCCC)COP(=O)(O)OCCN. The van der Waals surface area contributed by atoms with Gasteiger partial charge in [0.1, 0.15) is 6.10 Å². The van der Waals surface area contributed by atoms with Gasteiger partial charge in [-0.2, -0.15) is 0 Å². The van der Waals surface area contributed by atoms with Gasteiger partial charge in [0.2, 0.25) is 0 Å². The summed E-state index contributed by atoms with van der Waals surface area (Å²) in [5, 5.41) is 0. The van der Waals surface area contributed by atoms with Crippen molar-refractivity contribution in [1.82, 2.24) is 0 Å². The smallest absolute Gasteiger partial charge is 0.457 e. The molecule has 0 aromatic carbocycles. The zero-order valence-corrected chi connectivity index (χ0v) is 33.9. The minimum Gasteiger partial charge on any atom is -0.457 e. The van der Waals surface area contributed by atoms with Crippen LogP contribution in [0.4, 0.5) is 0 Å². The molecule has 0 fully saturated rings. The Labute approximate surface area is 318 Å². The Kier molecular flexibility index (Phi) is 38.5. The highest BCUT2D eigenvalue weighted by atomic mass is 31.2. The fraction of sp³-hybridized carbons (Fsp3) is 0.698. The second kappa shape index (κ2) is 40.1. The van der Waals surface area contributed by atoms with E-state index in [0.717, 1.165) is 83.5 Å². The topological polar surface area (TPSA) is 117 Å². The molecule has 0 aliphatic heterocycles. The summed E-state index contributed by atoms with van der Waals surface area (Å²) in [6.07, 6.45) is 49.2. The average Bonchev–Trinajstić information content (AvgIpc) is 3.13. The summed E-state index contributed by atoms with van der Waals surface area (Å²) in [7, 11) is -4.29. The number of esters is 1. The van der Waals surface area contributed by atoms with Crippen molar-refractivity contribution in [2.45, 2.75) is 161 Å². The van der Waals surface area contributed by atoms with Crippen molar-refractivity contribution in [3.8, 4) is 0 Å². The maximum Gasteiger partial charge on any atom is 0.472 e. The van der Waals surface area contributed by atoms with Crippen LogP contribution in [0, 0.1) is 0 Å². The molecule has 0 aliphatic rings. The molecule has 9 heteroatoms. The van der Waals surface area contributed by atoms with Crippen molar-refractivity contribution in [2.24, 2.45) is 5.73 Å². The molecule has 0 spiro atoms. The molecule has 3 N–H and O–H groups in total. The van der Waals surface area contributed by atoms with Crippen LogP contribution in [0.2, 0.25) is 0 Å². The number of nitrogens with two attached hydrogens (primary N) is 1. The molecular weight excluding hydrogens is 673 g/mol. The number of carbonyl (C=O) groups is 1. The van der Waals surface area contributed by atoms with Crippen molar-refractivity contribution in [2.75, 3.05) is 33.0 Å². The van der Waals surface area contributed by atoms with Gasteiger partial charge in [0.05, 0.1) is 19.8 Å². The summed E-state index contributed by atoms with van der Waals surface area (Å²) in [6.45, 7) is 4.69. The fourth-order valence-electron chi connectivity index (χ4n) is 5.13. The van der Waals surface area contributed by atoms with E-state index in [2.05, 4.69) is 86.8 Å². The lowest BCUT2D eigenvalue weighted by Gasteiger charge is -2.20. The van der Waals surface area contributed by atoms with Crippen molar-refractivity contribution >= 4 is 13.8 Å². The number of unbranched alkanes of at least 4 members (excludes halogenated alkanes) is 13. The zero-order chi connectivity index (χ0) is 38.1. The average molecular weight is 750 g/mol. The summed E-state index contributed by atoms with van der Waals surface area (Å²) in [5.74, 6) is -0.366. The number of phosphoric ester groups is 1. The van der Waals surface area contributed by atoms with E-state index in [9.17, 15) is 14.3 Å². The maximum absolute atomic E-state index is 12.5. The molecule has 0 radical (unpaired) electrons. The molecule has 2 atom stereocenters. The number of phosphoric acid groups is 1. The van der Waals surface area contributed by atoms with Crippen molar-refractivity contribution in [3.63, 3.8) is 0 Å². The first kappa shape index (κ1) is 49.9. The lowest BCUT2D eigenvalue weighted by Crippen LogP contribution is -2.28. The van der Waals surface area contributed by atoms with E-state index >= 15 is 0 Å². The van der Waals surface area contributed by atoms with Crippen LogP contribution < -0.4 is 5.73 Å². The molecule has 52 heavy (non-hydrogen) atoms. The Morgan fingerprint density at radius 2 is 1.08 bits per heavy atom. The highest BCUT2D eigenvalue weighted by Gasteiger charge is 2.25. The number of rotatable bonds is 38. The molecule has 2 unspecified atom stereocenters. The van der Waals surface area contributed by atoms with Crippen LogP contribution in [0.5, 0.6) is 0 Å². The van der Waals surface area contributed by atoms with Gasteiger partial charge < -0.3 is 20.1 Å². The van der Waals surface area contributed by atoms with E-state index in [0.29, 0.717) is 6.61 Å². The number of hydrogen-bond donors (Lipinski definition) is 2. The second-order valence-electron chi connectivity index (χ2n) is 13.1. The van der Waals surface area contributed by atoms with Gasteiger partial charge in [0.15, 0.2) is 0 Å². The quantitative estimate of drug-likeness (QED) is 0.0277. The van der Waals surface area contributed by atoms with Crippen LogP contribution in [-0.4, -0.2) is 49.9 Å². The molecule has 300 valence electrons. The highest BCUT2D eigenvalue weighted by molar-refractivity contribution is 7.47. The van der Waals surface area contributed by atoms with E-state index < -0.39 is 13.9 Å². The minimum absolute atomic E-state index is 0.0898. The molecule has 0 bridgehead atoms. The number of allylic oxidation sites excluding steroid dienone is 12. The van der Waals surface area contributed by atoms with E-state index in [1.165, 1.54) is 51.4 Å². The van der Waals surface area contributed by atoms with E-state index in [1.807, 2.05) is 0 Å². The first-order valence-corrected chi connectivity index (χ1v) is 21.9. The normalized spacial score (nSPS) is 14.3. The van der Waals surface area contributed by atoms with Crippen LogP contribution in [0.25, 0.3) is 0 Å². The first-order chi connectivity index (χ1) is 25.4. The molecule has 0 aromatic rings. The Morgan fingerprint density at radius 3 is 1.62 bits per heavy atom. The van der Waals surface area contributed by atoms with Crippen LogP contribution >= 0.6 is 7.82 Å². The molecule has 0 heterocycles. The Morgan fingerprint density at radius 1 is 0.596 bits per heavy atom. The third-order valence-electron chi connectivity index (χ3n) is 8.11. The van der Waals surface area contributed by atoms with Crippen LogP contribution in [-0.2, 0) is 27.9 Å². The lowest BCUT2D eigenvalue weighted by atomic mass is 10.1. The summed E-state index contributed by atoms with van der Waals surface area (Å²) >= 11 is 0. The Hall–Kier alpha value is -2.06. The second-order valence-corrected chi connectivity index (χ2v) is 14.6. The first-order valence-electron chi connectivity index (χ1n) is 20.4. The van der Waals surface area contributed by atoms with E-state index in [-0.39, 0.29) is 38.8 Å². The van der Waals surface area contributed by atoms with Crippen LogP contribution in [0.1, 0.15) is 155 Å². The van der Waals surface area contributed by atoms with Gasteiger partial charge in [-0.3, -0.25) is 13.8 Å². The number of carbonyl (C=O) groups excluding carboxylic acids is 1. The Balaban J connectivity index is 4.11. The molecule has 8 nitrogen and oxygen atoms in total. The Bertz CT molecular complexity index is 1020. The van der Waals surface area contributed by atoms with E-state index in [4.69, 9.17) is 24.3 Å². The molecule has 0 saturated heterocycles. The van der Waals surface area contributed by atoms with Crippen molar-refractivity contribution in [1.29, 1.82) is 0 Å². The van der Waals surface area contributed by atoms with Gasteiger partial charge in [-0.25, -0.2) is 4.57 Å². The van der Waals surface area contributed by atoms with Gasteiger partial charge in [-0.1, -0.05) is 138 Å². The van der Waals surface area contributed by atoms with Gasteiger partial charge in [-0.15, -0.1) is 0 Å². The molecule has 0 rings (SSSR count). The molecule has 0 aliphatic carbocycles.